The number of nitrogens with one attached hydrogen (secondary N) is 1. The minimum atomic E-state index is -0.0689. The fraction of sp³-hybridized carbons (Fsp3) is 0.414. The third-order valence-corrected chi connectivity index (χ3v) is 6.25. The minimum absolute atomic E-state index is 0.0689. The highest BCUT2D eigenvalue weighted by Crippen LogP contribution is 2.38. The molecule has 1 saturated carbocycles. The molecule has 1 aliphatic carbocycles. The molecule has 0 bridgehead atoms. The summed E-state index contributed by atoms with van der Waals surface area (Å²) in [5.41, 5.74) is 2.74. The van der Waals surface area contributed by atoms with Gasteiger partial charge < -0.3 is 19.5 Å². The molecule has 3 rings (SSSR count). The van der Waals surface area contributed by atoms with Gasteiger partial charge in [-0.05, 0) is 60.2 Å². The molecular weight excluding hydrogens is 426 g/mol. The Bertz CT molecular complexity index is 943. The molecule has 5 nitrogen and oxygen atoms in total. The molecule has 0 aromatic heterocycles. The number of hydrogen-bond acceptors (Lipinski definition) is 4. The van der Waals surface area contributed by atoms with E-state index in [9.17, 15) is 4.79 Å². The van der Waals surface area contributed by atoms with Crippen molar-refractivity contribution in [2.45, 2.75) is 51.4 Å². The van der Waals surface area contributed by atoms with Gasteiger partial charge >= 0.3 is 0 Å². The molecule has 1 amide bonds. The first-order valence-electron chi connectivity index (χ1n) is 12.2. The van der Waals surface area contributed by atoms with E-state index in [1.807, 2.05) is 48.6 Å². The predicted molar refractivity (Wildman–Crippen MR) is 140 cm³/mol. The predicted octanol–water partition coefficient (Wildman–Crippen LogP) is 7.13. The van der Waals surface area contributed by atoms with Gasteiger partial charge in [0.2, 0.25) is 11.7 Å². The van der Waals surface area contributed by atoms with Crippen molar-refractivity contribution in [2.75, 3.05) is 26.6 Å². The summed E-state index contributed by atoms with van der Waals surface area (Å²) in [5.74, 6) is 2.25. The molecule has 0 heterocycles. The van der Waals surface area contributed by atoms with Gasteiger partial charge in [0.1, 0.15) is 0 Å². The van der Waals surface area contributed by atoms with Crippen LogP contribution in [-0.4, -0.2) is 27.2 Å². The van der Waals surface area contributed by atoms with Gasteiger partial charge in [0.25, 0.3) is 0 Å². The van der Waals surface area contributed by atoms with E-state index >= 15 is 0 Å². The molecule has 0 radical (unpaired) electrons. The van der Waals surface area contributed by atoms with Gasteiger partial charge in [-0.1, -0.05) is 68.9 Å². The number of carbonyl (C=O) groups is 1. The van der Waals surface area contributed by atoms with Crippen molar-refractivity contribution in [1.29, 1.82) is 0 Å². The maximum Gasteiger partial charge on any atom is 0.248 e. The smallest absolute Gasteiger partial charge is 0.248 e. The minimum Gasteiger partial charge on any atom is -0.493 e. The second-order valence-electron chi connectivity index (χ2n) is 8.72. The molecule has 0 unspecified atom stereocenters. The van der Waals surface area contributed by atoms with Gasteiger partial charge in [0, 0.05) is 5.69 Å². The molecule has 5 heteroatoms. The highest BCUT2D eigenvalue weighted by atomic mass is 16.5. The second kappa shape index (κ2) is 13.5. The van der Waals surface area contributed by atoms with Crippen LogP contribution in [0.2, 0.25) is 0 Å². The molecule has 0 spiro atoms. The number of anilines is 1. The third-order valence-electron chi connectivity index (χ3n) is 6.25. The van der Waals surface area contributed by atoms with Crippen LogP contribution in [0.4, 0.5) is 5.69 Å². The largest absolute Gasteiger partial charge is 0.493 e. The number of benzene rings is 2. The van der Waals surface area contributed by atoms with Crippen LogP contribution in [0.1, 0.15) is 62.5 Å². The average molecular weight is 464 g/mol. The van der Waals surface area contributed by atoms with E-state index in [1.54, 1.807) is 27.4 Å². The number of ether oxygens (including phenoxy) is 3. The lowest BCUT2D eigenvalue weighted by atomic mass is 9.96. The molecule has 2 aromatic carbocycles. The Morgan fingerprint density at radius 1 is 0.794 bits per heavy atom. The quantitative estimate of drug-likeness (QED) is 0.334. The lowest BCUT2D eigenvalue weighted by Crippen LogP contribution is -2.08. The van der Waals surface area contributed by atoms with Crippen LogP contribution in [0.5, 0.6) is 17.2 Å². The highest BCUT2D eigenvalue weighted by Gasteiger charge is 2.12. The van der Waals surface area contributed by atoms with Crippen molar-refractivity contribution in [3.8, 4) is 17.2 Å². The molecule has 34 heavy (non-hydrogen) atoms. The molecule has 0 saturated heterocycles. The van der Waals surface area contributed by atoms with Crippen molar-refractivity contribution in [3.63, 3.8) is 0 Å². The summed E-state index contributed by atoms with van der Waals surface area (Å²) in [6.07, 6.45) is 18.1. The Labute approximate surface area is 203 Å². The molecule has 1 aliphatic rings. The van der Waals surface area contributed by atoms with Crippen LogP contribution >= 0.6 is 0 Å². The standard InChI is InChI=1S/C29H37NO4/c1-32-26-20-24(21-27(33-2)29(26)34-3)13-12-23-14-17-25(18-15-23)30-28(31)19-16-22-10-8-6-4-5-7-9-11-22/h12-22H,4-11H2,1-3H3,(H,30,31)/b13-12-,19-16+. The van der Waals surface area contributed by atoms with Crippen molar-refractivity contribution in [2.24, 2.45) is 5.92 Å². The Morgan fingerprint density at radius 3 is 1.91 bits per heavy atom. The van der Waals surface area contributed by atoms with E-state index in [1.165, 1.54) is 51.4 Å². The first-order valence-corrected chi connectivity index (χ1v) is 12.2. The van der Waals surface area contributed by atoms with Crippen LogP contribution in [0.25, 0.3) is 12.2 Å². The van der Waals surface area contributed by atoms with E-state index in [0.717, 1.165) is 16.8 Å². The zero-order valence-corrected chi connectivity index (χ0v) is 20.6. The number of hydrogen-bond donors (Lipinski definition) is 1. The van der Waals surface area contributed by atoms with E-state index in [0.29, 0.717) is 23.2 Å². The van der Waals surface area contributed by atoms with E-state index in [2.05, 4.69) is 11.4 Å². The summed E-state index contributed by atoms with van der Waals surface area (Å²) in [6.45, 7) is 0. The number of amides is 1. The van der Waals surface area contributed by atoms with Gasteiger partial charge in [-0.15, -0.1) is 0 Å². The lowest BCUT2D eigenvalue weighted by Gasteiger charge is -2.12. The molecule has 1 N–H and O–H groups in total. The number of allylic oxidation sites excluding steroid dienone is 1. The Morgan fingerprint density at radius 2 is 1.35 bits per heavy atom. The fourth-order valence-electron chi connectivity index (χ4n) is 4.33. The molecule has 0 atom stereocenters. The summed E-state index contributed by atoms with van der Waals surface area (Å²) in [4.78, 5) is 12.4. The number of methoxy groups -OCH3 is 3. The SMILES string of the molecule is COc1cc(/C=C\c2ccc(NC(=O)/C=C/C3CCCCCCCC3)cc2)cc(OC)c1OC. The van der Waals surface area contributed by atoms with Gasteiger partial charge in [-0.25, -0.2) is 0 Å². The topological polar surface area (TPSA) is 56.8 Å². The average Bonchev–Trinajstić information content (AvgIpc) is 3.00. The number of carbonyl (C=O) groups excluding carboxylic acids is 1. The molecule has 0 aliphatic heterocycles. The Balaban J connectivity index is 1.58. The third kappa shape index (κ3) is 7.68. The van der Waals surface area contributed by atoms with Crippen LogP contribution in [-0.2, 0) is 4.79 Å². The van der Waals surface area contributed by atoms with Crippen molar-refractivity contribution in [3.05, 3.63) is 59.7 Å². The van der Waals surface area contributed by atoms with Gasteiger partial charge in [0.05, 0.1) is 21.3 Å². The van der Waals surface area contributed by atoms with Crippen LogP contribution in [0.15, 0.2) is 48.6 Å². The zero-order chi connectivity index (χ0) is 24.2. The summed E-state index contributed by atoms with van der Waals surface area (Å²) >= 11 is 0. The summed E-state index contributed by atoms with van der Waals surface area (Å²) in [5, 5.41) is 2.97. The highest BCUT2D eigenvalue weighted by molar-refractivity contribution is 5.99. The first-order chi connectivity index (χ1) is 16.6. The van der Waals surface area contributed by atoms with Gasteiger partial charge in [-0.2, -0.15) is 0 Å². The van der Waals surface area contributed by atoms with E-state index in [-0.39, 0.29) is 5.91 Å². The van der Waals surface area contributed by atoms with E-state index < -0.39 is 0 Å². The summed E-state index contributed by atoms with van der Waals surface area (Å²) in [7, 11) is 4.80. The van der Waals surface area contributed by atoms with E-state index in [4.69, 9.17) is 14.2 Å². The maximum absolute atomic E-state index is 12.4. The number of rotatable bonds is 8. The summed E-state index contributed by atoms with van der Waals surface area (Å²) < 4.78 is 16.2. The van der Waals surface area contributed by atoms with Gasteiger partial charge in [0.15, 0.2) is 11.5 Å². The van der Waals surface area contributed by atoms with Crippen molar-refractivity contribution in [1.82, 2.24) is 0 Å². The monoisotopic (exact) mass is 463 g/mol. The maximum atomic E-state index is 12.4. The second-order valence-corrected chi connectivity index (χ2v) is 8.72. The Kier molecular flexibility index (Phi) is 10.1. The van der Waals surface area contributed by atoms with Gasteiger partial charge in [-0.3, -0.25) is 4.79 Å². The van der Waals surface area contributed by atoms with Crippen molar-refractivity contribution >= 4 is 23.7 Å². The van der Waals surface area contributed by atoms with Crippen LogP contribution < -0.4 is 19.5 Å². The zero-order valence-electron chi connectivity index (χ0n) is 20.6. The summed E-state index contributed by atoms with van der Waals surface area (Å²) in [6, 6.07) is 11.6. The fourth-order valence-corrected chi connectivity index (χ4v) is 4.33. The Hall–Kier alpha value is -3.21. The van der Waals surface area contributed by atoms with Crippen LogP contribution in [0.3, 0.4) is 0 Å². The first kappa shape index (κ1) is 25.4. The molecule has 2 aromatic rings. The molecule has 182 valence electrons. The van der Waals surface area contributed by atoms with Crippen molar-refractivity contribution < 1.29 is 19.0 Å². The normalized spacial score (nSPS) is 15.5. The van der Waals surface area contributed by atoms with Crippen LogP contribution in [0, 0.1) is 5.92 Å². The lowest BCUT2D eigenvalue weighted by molar-refractivity contribution is -0.111. The molecular formula is C29H37NO4. The molecule has 1 fully saturated rings.